The highest BCUT2D eigenvalue weighted by Gasteiger charge is 2.19. The topological polar surface area (TPSA) is 49.6 Å². The Balaban J connectivity index is 1.77. The smallest absolute Gasteiger partial charge is 0.200 e. The van der Waals surface area contributed by atoms with Crippen molar-refractivity contribution in [1.29, 1.82) is 0 Å². The molecular formula is C17H28N6. The van der Waals surface area contributed by atoms with Crippen molar-refractivity contribution in [3.8, 4) is 0 Å². The van der Waals surface area contributed by atoms with Crippen LogP contribution in [-0.4, -0.2) is 57.4 Å². The number of hydrogen-bond donors (Lipinski definition) is 0. The predicted octanol–water partition coefficient (Wildman–Crippen LogP) is 2.56. The minimum Gasteiger partial charge on any atom is -0.370 e. The predicted molar refractivity (Wildman–Crippen MR) is 93.0 cm³/mol. The summed E-state index contributed by atoms with van der Waals surface area (Å²) >= 11 is 0. The number of hydrogen-bond acceptors (Lipinski definition) is 5. The van der Waals surface area contributed by atoms with E-state index in [0.29, 0.717) is 12.0 Å². The van der Waals surface area contributed by atoms with Gasteiger partial charge in [0.15, 0.2) is 0 Å². The largest absolute Gasteiger partial charge is 0.370 e. The Labute approximate surface area is 138 Å². The third-order valence-corrected chi connectivity index (χ3v) is 4.93. The molecule has 3 heterocycles. The molecule has 6 heteroatoms. The summed E-state index contributed by atoms with van der Waals surface area (Å²) in [7, 11) is 2.14. The maximum Gasteiger partial charge on any atom is 0.200 e. The summed E-state index contributed by atoms with van der Waals surface area (Å²) in [6.07, 6.45) is 5.71. The number of rotatable bonds is 5. The lowest BCUT2D eigenvalue weighted by Gasteiger charge is -2.34. The van der Waals surface area contributed by atoms with Crippen LogP contribution in [0.25, 0.3) is 5.65 Å². The van der Waals surface area contributed by atoms with Gasteiger partial charge in [0.25, 0.3) is 0 Å². The zero-order valence-electron chi connectivity index (χ0n) is 14.7. The lowest BCUT2D eigenvalue weighted by molar-refractivity contribution is 0.165. The number of aromatic nitrogens is 4. The van der Waals surface area contributed by atoms with E-state index >= 15 is 0 Å². The summed E-state index contributed by atoms with van der Waals surface area (Å²) in [6, 6.07) is 2.86. The van der Waals surface area contributed by atoms with Gasteiger partial charge in [0.05, 0.1) is 11.4 Å². The standard InChI is InChI=1S/C17H28N6/c1-13(2)15-11-16(17-19-18-12-23(17)20-15)21(4)9-10-22-8-6-5-7-14(22)3/h11-14H,5-10H2,1-4H3. The van der Waals surface area contributed by atoms with Crippen LogP contribution in [0.2, 0.25) is 0 Å². The van der Waals surface area contributed by atoms with E-state index in [2.05, 4.69) is 59.0 Å². The third kappa shape index (κ3) is 3.47. The lowest BCUT2D eigenvalue weighted by Crippen LogP contribution is -2.42. The van der Waals surface area contributed by atoms with E-state index < -0.39 is 0 Å². The van der Waals surface area contributed by atoms with Crippen molar-refractivity contribution in [1.82, 2.24) is 24.7 Å². The molecule has 0 saturated carbocycles. The Morgan fingerprint density at radius 1 is 1.35 bits per heavy atom. The Hall–Kier alpha value is -1.69. The molecule has 1 aliphatic heterocycles. The third-order valence-electron chi connectivity index (χ3n) is 4.93. The zero-order valence-corrected chi connectivity index (χ0v) is 14.7. The molecule has 23 heavy (non-hydrogen) atoms. The van der Waals surface area contributed by atoms with Gasteiger partial charge in [0.2, 0.25) is 5.65 Å². The number of likely N-dealkylation sites (tertiary alicyclic amines) is 1. The number of piperidine rings is 1. The van der Waals surface area contributed by atoms with Crippen molar-refractivity contribution in [3.63, 3.8) is 0 Å². The lowest BCUT2D eigenvalue weighted by atomic mass is 10.0. The first-order valence-corrected chi connectivity index (χ1v) is 8.72. The monoisotopic (exact) mass is 316 g/mol. The highest BCUT2D eigenvalue weighted by atomic mass is 15.4. The second kappa shape index (κ2) is 6.83. The van der Waals surface area contributed by atoms with E-state index in [9.17, 15) is 0 Å². The second-order valence-corrected chi connectivity index (χ2v) is 7.01. The SMILES string of the molecule is CC(C)c1cc(N(C)CCN2CCCCC2C)c2nncn2n1. The average Bonchev–Trinajstić information content (AvgIpc) is 3.01. The number of anilines is 1. The van der Waals surface area contributed by atoms with E-state index in [1.54, 1.807) is 10.8 Å². The van der Waals surface area contributed by atoms with Crippen LogP contribution in [0, 0.1) is 0 Å². The highest BCUT2D eigenvalue weighted by Crippen LogP contribution is 2.23. The molecule has 1 atom stereocenters. The molecule has 2 aromatic rings. The van der Waals surface area contributed by atoms with Crippen LogP contribution in [-0.2, 0) is 0 Å². The first-order chi connectivity index (χ1) is 11.1. The Morgan fingerprint density at radius 2 is 2.17 bits per heavy atom. The molecule has 0 N–H and O–H groups in total. The minimum atomic E-state index is 0.385. The molecule has 1 aliphatic rings. The number of likely N-dealkylation sites (N-methyl/N-ethyl adjacent to an activating group) is 1. The van der Waals surface area contributed by atoms with E-state index in [0.717, 1.165) is 30.1 Å². The van der Waals surface area contributed by atoms with Gasteiger partial charge in [-0.2, -0.15) is 9.61 Å². The minimum absolute atomic E-state index is 0.385. The van der Waals surface area contributed by atoms with Crippen molar-refractivity contribution >= 4 is 11.3 Å². The summed E-state index contributed by atoms with van der Waals surface area (Å²) in [4.78, 5) is 4.89. The van der Waals surface area contributed by atoms with Crippen LogP contribution in [0.4, 0.5) is 5.69 Å². The number of nitrogens with zero attached hydrogens (tertiary/aromatic N) is 6. The molecule has 0 aliphatic carbocycles. The maximum atomic E-state index is 4.59. The molecule has 0 radical (unpaired) electrons. The molecule has 1 unspecified atom stereocenters. The maximum absolute atomic E-state index is 4.59. The van der Waals surface area contributed by atoms with Crippen LogP contribution in [0.15, 0.2) is 12.4 Å². The highest BCUT2D eigenvalue weighted by molar-refractivity contribution is 5.68. The molecular weight excluding hydrogens is 288 g/mol. The Bertz CT molecular complexity index is 650. The van der Waals surface area contributed by atoms with Crippen molar-refractivity contribution in [2.45, 2.75) is 52.0 Å². The van der Waals surface area contributed by atoms with Gasteiger partial charge >= 0.3 is 0 Å². The normalized spacial score (nSPS) is 19.6. The second-order valence-electron chi connectivity index (χ2n) is 7.01. The summed E-state index contributed by atoms with van der Waals surface area (Å²) in [6.45, 7) is 9.99. The van der Waals surface area contributed by atoms with E-state index in [4.69, 9.17) is 0 Å². The van der Waals surface area contributed by atoms with Crippen LogP contribution in [0.3, 0.4) is 0 Å². The summed E-state index contributed by atoms with van der Waals surface area (Å²) in [5, 5.41) is 12.9. The van der Waals surface area contributed by atoms with Gasteiger partial charge in [-0.1, -0.05) is 20.3 Å². The van der Waals surface area contributed by atoms with Gasteiger partial charge in [0.1, 0.15) is 6.33 Å². The first kappa shape index (κ1) is 16.2. The molecule has 2 aromatic heterocycles. The summed E-state index contributed by atoms with van der Waals surface area (Å²) in [5.74, 6) is 0.385. The summed E-state index contributed by atoms with van der Waals surface area (Å²) in [5.41, 5.74) is 3.03. The van der Waals surface area contributed by atoms with Gasteiger partial charge in [0, 0.05) is 26.2 Å². The first-order valence-electron chi connectivity index (χ1n) is 8.72. The van der Waals surface area contributed by atoms with Crippen LogP contribution in [0.5, 0.6) is 0 Å². The van der Waals surface area contributed by atoms with Gasteiger partial charge in [-0.05, 0) is 38.3 Å². The average molecular weight is 316 g/mol. The fourth-order valence-electron chi connectivity index (χ4n) is 3.28. The van der Waals surface area contributed by atoms with Crippen molar-refractivity contribution < 1.29 is 0 Å². The van der Waals surface area contributed by atoms with E-state index in [-0.39, 0.29) is 0 Å². The number of fused-ring (bicyclic) bond motifs is 1. The van der Waals surface area contributed by atoms with Gasteiger partial charge in [-0.3, -0.25) is 4.90 Å². The molecule has 0 spiro atoms. The molecule has 0 amide bonds. The van der Waals surface area contributed by atoms with Crippen molar-refractivity contribution in [2.75, 3.05) is 31.6 Å². The van der Waals surface area contributed by atoms with Gasteiger partial charge < -0.3 is 4.90 Å². The van der Waals surface area contributed by atoms with Crippen LogP contribution in [0.1, 0.15) is 51.6 Å². The van der Waals surface area contributed by atoms with E-state index in [1.807, 2.05) is 0 Å². The molecule has 126 valence electrons. The molecule has 1 fully saturated rings. The van der Waals surface area contributed by atoms with Crippen LogP contribution >= 0.6 is 0 Å². The quantitative estimate of drug-likeness (QED) is 0.848. The van der Waals surface area contributed by atoms with Crippen molar-refractivity contribution in [2.24, 2.45) is 0 Å². The van der Waals surface area contributed by atoms with Gasteiger partial charge in [-0.15, -0.1) is 10.2 Å². The summed E-state index contributed by atoms with van der Waals surface area (Å²) < 4.78 is 1.80. The zero-order chi connectivity index (χ0) is 16.4. The molecule has 3 rings (SSSR count). The Kier molecular flexibility index (Phi) is 4.80. The molecule has 0 aromatic carbocycles. The Morgan fingerprint density at radius 3 is 2.91 bits per heavy atom. The van der Waals surface area contributed by atoms with E-state index in [1.165, 1.54) is 25.8 Å². The molecule has 6 nitrogen and oxygen atoms in total. The van der Waals surface area contributed by atoms with Crippen molar-refractivity contribution in [3.05, 3.63) is 18.1 Å². The fourth-order valence-corrected chi connectivity index (χ4v) is 3.28. The molecule has 0 bridgehead atoms. The fraction of sp³-hybridized carbons (Fsp3) is 0.706. The van der Waals surface area contributed by atoms with Gasteiger partial charge in [-0.25, -0.2) is 0 Å². The van der Waals surface area contributed by atoms with Crippen LogP contribution < -0.4 is 4.90 Å². The molecule has 1 saturated heterocycles.